The van der Waals surface area contributed by atoms with Gasteiger partial charge in [-0.3, -0.25) is 0 Å². The van der Waals surface area contributed by atoms with Gasteiger partial charge in [0.25, 0.3) is 0 Å². The van der Waals surface area contributed by atoms with Gasteiger partial charge in [-0.25, -0.2) is 0 Å². The zero-order valence-corrected chi connectivity index (χ0v) is 22.0. The molecule has 0 unspecified atom stereocenters. The highest BCUT2D eigenvalue weighted by atomic mass is 16.5. The lowest BCUT2D eigenvalue weighted by molar-refractivity contribution is -0.249. The third kappa shape index (κ3) is 2.77. The van der Waals surface area contributed by atoms with E-state index in [-0.39, 0.29) is 5.60 Å². The maximum atomic E-state index is 7.12. The lowest BCUT2D eigenvalue weighted by Gasteiger charge is -2.71. The van der Waals surface area contributed by atoms with Crippen molar-refractivity contribution >= 4 is 0 Å². The predicted octanol–water partition coefficient (Wildman–Crippen LogP) is 8.72. The Balaban J connectivity index is 1.45. The fraction of sp³-hybridized carbons (Fsp3) is 0.933. The number of hydrogen-bond donors (Lipinski definition) is 0. The molecule has 1 heteroatoms. The van der Waals surface area contributed by atoms with Crippen LogP contribution in [-0.2, 0) is 4.74 Å². The van der Waals surface area contributed by atoms with E-state index in [9.17, 15) is 0 Å². The second-order valence-electron chi connectivity index (χ2n) is 14.7. The average Bonchev–Trinajstić information content (AvgIpc) is 3.20. The third-order valence-electron chi connectivity index (χ3n) is 12.6. The van der Waals surface area contributed by atoms with Crippen molar-refractivity contribution in [2.24, 2.45) is 38.9 Å². The summed E-state index contributed by atoms with van der Waals surface area (Å²) in [4.78, 5) is 0. The number of allylic oxidation sites excluding steroid dienone is 2. The minimum Gasteiger partial charge on any atom is -0.370 e. The summed E-state index contributed by atoms with van der Waals surface area (Å²) in [6.07, 6.45) is 18.2. The van der Waals surface area contributed by atoms with Crippen molar-refractivity contribution in [3.63, 3.8) is 0 Å². The highest BCUT2D eigenvalue weighted by Crippen LogP contribution is 2.78. The minimum absolute atomic E-state index is 0.179. The molecule has 3 aliphatic carbocycles. The van der Waals surface area contributed by atoms with Gasteiger partial charge >= 0.3 is 0 Å². The zero-order chi connectivity index (χ0) is 22.5. The Morgan fingerprint density at radius 2 is 1.48 bits per heavy atom. The van der Waals surface area contributed by atoms with Crippen LogP contribution in [0, 0.1) is 38.9 Å². The SMILES string of the molecule is CC(C)=CCC[C@@]1(C)CC[C@]2(C)[C@@H]3CC[C@H]4C(C)(C)[C@@H]5CC[C@]4(O5)[C@]3(C)CC[C@@]2(C)C1. The van der Waals surface area contributed by atoms with Crippen LogP contribution in [0.15, 0.2) is 11.6 Å². The van der Waals surface area contributed by atoms with Gasteiger partial charge in [-0.15, -0.1) is 0 Å². The van der Waals surface area contributed by atoms with Crippen molar-refractivity contribution in [1.29, 1.82) is 0 Å². The summed E-state index contributed by atoms with van der Waals surface area (Å²) in [5.41, 5.74) is 3.90. The first-order chi connectivity index (χ1) is 14.3. The van der Waals surface area contributed by atoms with Gasteiger partial charge < -0.3 is 4.74 Å². The topological polar surface area (TPSA) is 9.23 Å². The molecule has 5 fully saturated rings. The van der Waals surface area contributed by atoms with Crippen LogP contribution in [-0.4, -0.2) is 11.7 Å². The lowest BCUT2D eigenvalue weighted by Crippen LogP contribution is -2.67. The minimum atomic E-state index is 0.179. The molecule has 0 aromatic heterocycles. The van der Waals surface area contributed by atoms with Gasteiger partial charge in [0.05, 0.1) is 11.7 Å². The summed E-state index contributed by atoms with van der Waals surface area (Å²) in [6.45, 7) is 20.3. The summed E-state index contributed by atoms with van der Waals surface area (Å²) >= 11 is 0. The fourth-order valence-electron chi connectivity index (χ4n) is 10.6. The largest absolute Gasteiger partial charge is 0.370 e. The van der Waals surface area contributed by atoms with Gasteiger partial charge in [-0.1, -0.05) is 53.2 Å². The van der Waals surface area contributed by atoms with Gasteiger partial charge in [0.1, 0.15) is 0 Å². The van der Waals surface area contributed by atoms with Crippen LogP contribution < -0.4 is 0 Å². The monoisotopic (exact) mass is 426 g/mol. The normalized spacial score (nSPS) is 54.6. The van der Waals surface area contributed by atoms with Gasteiger partial charge in [0.2, 0.25) is 0 Å². The van der Waals surface area contributed by atoms with Crippen molar-refractivity contribution < 1.29 is 4.74 Å². The summed E-state index contributed by atoms with van der Waals surface area (Å²) < 4.78 is 7.12. The van der Waals surface area contributed by atoms with Crippen molar-refractivity contribution in [3.8, 4) is 0 Å². The van der Waals surface area contributed by atoms with Crippen LogP contribution in [0.4, 0.5) is 0 Å². The Morgan fingerprint density at radius 3 is 2.19 bits per heavy atom. The molecule has 0 amide bonds. The van der Waals surface area contributed by atoms with Crippen molar-refractivity contribution in [3.05, 3.63) is 11.6 Å². The number of hydrogen-bond acceptors (Lipinski definition) is 1. The molecule has 0 radical (unpaired) electrons. The van der Waals surface area contributed by atoms with E-state index in [0.717, 1.165) is 11.8 Å². The highest BCUT2D eigenvalue weighted by molar-refractivity contribution is 5.24. The molecule has 0 N–H and O–H groups in total. The molecule has 3 saturated carbocycles. The van der Waals surface area contributed by atoms with Crippen LogP contribution in [0.5, 0.6) is 0 Å². The standard InChI is InChI=1S/C30H50O/c1-21(2)10-9-14-26(5)16-18-28(7)23-12-11-22-25(3,4)24-13-15-30(22,31-24)29(23,8)19-17-27(28,6)20-26/h10,22-24H,9,11-20H2,1-8H3/t22-,23-,24-,26-,27-,28+,29+,30+/m0/s1. The molecular weight excluding hydrogens is 376 g/mol. The van der Waals surface area contributed by atoms with Crippen LogP contribution in [0.3, 0.4) is 0 Å². The van der Waals surface area contributed by atoms with Crippen molar-refractivity contribution in [2.45, 2.75) is 138 Å². The summed E-state index contributed by atoms with van der Waals surface area (Å²) in [6, 6.07) is 0. The number of ether oxygens (including phenoxy) is 1. The Kier molecular flexibility index (Phi) is 4.82. The molecule has 5 aliphatic rings. The summed E-state index contributed by atoms with van der Waals surface area (Å²) in [5.74, 6) is 1.62. The summed E-state index contributed by atoms with van der Waals surface area (Å²) in [5, 5.41) is 0. The molecule has 0 aromatic carbocycles. The molecule has 2 saturated heterocycles. The molecule has 8 atom stereocenters. The van der Waals surface area contributed by atoms with E-state index in [4.69, 9.17) is 4.74 Å². The second kappa shape index (κ2) is 6.64. The Hall–Kier alpha value is -0.300. The van der Waals surface area contributed by atoms with Crippen LogP contribution in [0.2, 0.25) is 0 Å². The molecule has 1 spiro atoms. The predicted molar refractivity (Wildman–Crippen MR) is 131 cm³/mol. The molecule has 2 bridgehead atoms. The zero-order valence-electron chi connectivity index (χ0n) is 22.0. The molecule has 0 aromatic rings. The molecule has 176 valence electrons. The molecule has 5 rings (SSSR count). The second-order valence-corrected chi connectivity index (χ2v) is 14.7. The van der Waals surface area contributed by atoms with Crippen LogP contribution >= 0.6 is 0 Å². The maximum absolute atomic E-state index is 7.12. The quantitative estimate of drug-likeness (QED) is 0.410. The fourth-order valence-corrected chi connectivity index (χ4v) is 10.6. The average molecular weight is 427 g/mol. The van der Waals surface area contributed by atoms with Gasteiger partial charge in [-0.2, -0.15) is 0 Å². The maximum Gasteiger partial charge on any atom is 0.0777 e. The highest BCUT2D eigenvalue weighted by Gasteiger charge is 2.76. The van der Waals surface area contributed by atoms with E-state index in [1.54, 1.807) is 0 Å². The molecule has 2 aliphatic heterocycles. The molecular formula is C30H50O. The Labute approximate surface area is 193 Å². The lowest BCUT2D eigenvalue weighted by atomic mass is 9.33. The van der Waals surface area contributed by atoms with E-state index >= 15 is 0 Å². The Morgan fingerprint density at radius 1 is 0.806 bits per heavy atom. The molecule has 2 heterocycles. The third-order valence-corrected chi connectivity index (χ3v) is 12.6. The summed E-state index contributed by atoms with van der Waals surface area (Å²) in [7, 11) is 0. The van der Waals surface area contributed by atoms with E-state index < -0.39 is 0 Å². The number of fused-ring (bicyclic) bond motifs is 4. The first-order valence-corrected chi connectivity index (χ1v) is 13.6. The number of rotatable bonds is 3. The van der Waals surface area contributed by atoms with Gasteiger partial charge in [0.15, 0.2) is 0 Å². The Bertz CT molecular complexity index is 775. The van der Waals surface area contributed by atoms with E-state index in [0.29, 0.717) is 33.2 Å². The molecule has 31 heavy (non-hydrogen) atoms. The first kappa shape index (κ1) is 22.5. The van der Waals surface area contributed by atoms with E-state index in [1.165, 1.54) is 76.2 Å². The first-order valence-electron chi connectivity index (χ1n) is 13.6. The van der Waals surface area contributed by atoms with Crippen LogP contribution in [0.25, 0.3) is 0 Å². The van der Waals surface area contributed by atoms with Crippen molar-refractivity contribution in [2.75, 3.05) is 0 Å². The van der Waals surface area contributed by atoms with E-state index in [1.807, 2.05) is 0 Å². The van der Waals surface area contributed by atoms with E-state index in [2.05, 4.69) is 61.5 Å². The van der Waals surface area contributed by atoms with Gasteiger partial charge in [-0.05, 0) is 118 Å². The van der Waals surface area contributed by atoms with Gasteiger partial charge in [0, 0.05) is 5.41 Å². The van der Waals surface area contributed by atoms with Crippen molar-refractivity contribution in [1.82, 2.24) is 0 Å². The smallest absolute Gasteiger partial charge is 0.0777 e. The molecule has 1 nitrogen and oxygen atoms in total. The van der Waals surface area contributed by atoms with Crippen LogP contribution in [0.1, 0.15) is 126 Å².